The molecule has 2 rings (SSSR count). The molecule has 2 nitrogen and oxygen atoms in total. The van der Waals surface area contributed by atoms with Gasteiger partial charge in [-0.3, -0.25) is 0 Å². The Morgan fingerprint density at radius 1 is 1.24 bits per heavy atom. The molecule has 0 aromatic heterocycles. The van der Waals surface area contributed by atoms with Crippen LogP contribution >= 0.6 is 0 Å². The van der Waals surface area contributed by atoms with Crippen LogP contribution in [-0.4, -0.2) is 17.7 Å². The van der Waals surface area contributed by atoms with E-state index in [2.05, 4.69) is 24.8 Å². The van der Waals surface area contributed by atoms with Crippen molar-refractivity contribution in [3.8, 4) is 5.75 Å². The van der Waals surface area contributed by atoms with Crippen molar-refractivity contribution in [1.82, 2.24) is 0 Å². The minimum atomic E-state index is 0.366. The molecule has 1 aromatic carbocycles. The van der Waals surface area contributed by atoms with Crippen LogP contribution in [0.4, 0.5) is 5.69 Å². The van der Waals surface area contributed by atoms with E-state index >= 15 is 0 Å². The molecule has 0 atom stereocenters. The molecule has 0 unspecified atom stereocenters. The molecule has 17 heavy (non-hydrogen) atoms. The molecule has 2 heteroatoms. The van der Waals surface area contributed by atoms with Crippen LogP contribution in [0.5, 0.6) is 5.75 Å². The Hall–Kier alpha value is -1.18. The van der Waals surface area contributed by atoms with E-state index in [0.29, 0.717) is 11.8 Å². The first-order valence-corrected chi connectivity index (χ1v) is 6.76. The Balaban J connectivity index is 2.10. The van der Waals surface area contributed by atoms with Crippen molar-refractivity contribution in [2.45, 2.75) is 45.6 Å². The van der Waals surface area contributed by atoms with Gasteiger partial charge in [0.15, 0.2) is 0 Å². The summed E-state index contributed by atoms with van der Waals surface area (Å²) < 4.78 is 0. The van der Waals surface area contributed by atoms with Gasteiger partial charge in [0, 0.05) is 24.3 Å². The number of rotatable bonds is 3. The monoisotopic (exact) mass is 233 g/mol. The molecule has 0 bridgehead atoms. The number of phenols is 1. The van der Waals surface area contributed by atoms with Crippen molar-refractivity contribution in [2.75, 3.05) is 11.4 Å². The van der Waals surface area contributed by atoms with Gasteiger partial charge in [-0.15, -0.1) is 0 Å². The molecular formula is C15H23NO. The number of hydrogen-bond donors (Lipinski definition) is 1. The summed E-state index contributed by atoms with van der Waals surface area (Å²) in [7, 11) is 0. The first-order chi connectivity index (χ1) is 8.20. The maximum absolute atomic E-state index is 9.57. The van der Waals surface area contributed by atoms with Crippen molar-refractivity contribution >= 4 is 5.69 Å². The lowest BCUT2D eigenvalue weighted by Crippen LogP contribution is -2.37. The summed E-state index contributed by atoms with van der Waals surface area (Å²) >= 11 is 0. The Bertz CT molecular complexity index is 356. The third kappa shape index (κ3) is 2.93. The zero-order valence-corrected chi connectivity index (χ0v) is 10.9. The molecular weight excluding hydrogens is 210 g/mol. The van der Waals surface area contributed by atoms with Gasteiger partial charge in [0.1, 0.15) is 5.75 Å². The van der Waals surface area contributed by atoms with E-state index in [0.717, 1.165) is 18.2 Å². The highest BCUT2D eigenvalue weighted by Crippen LogP contribution is 2.31. The van der Waals surface area contributed by atoms with E-state index in [9.17, 15) is 5.11 Å². The minimum Gasteiger partial charge on any atom is -0.508 e. The second-order valence-corrected chi connectivity index (χ2v) is 5.22. The summed E-state index contributed by atoms with van der Waals surface area (Å²) in [6.45, 7) is 5.56. The fourth-order valence-electron chi connectivity index (χ4n) is 2.88. The SMILES string of the molecule is CCN(c1cccc(O)c1)C1CCC(C)CC1. The summed E-state index contributed by atoms with van der Waals surface area (Å²) in [6.07, 6.45) is 5.23. The first-order valence-electron chi connectivity index (χ1n) is 6.76. The van der Waals surface area contributed by atoms with Gasteiger partial charge < -0.3 is 10.0 Å². The molecule has 1 aromatic rings. The highest BCUT2D eigenvalue weighted by atomic mass is 16.3. The van der Waals surface area contributed by atoms with Crippen LogP contribution in [0.15, 0.2) is 24.3 Å². The Morgan fingerprint density at radius 3 is 2.53 bits per heavy atom. The molecule has 1 aliphatic rings. The molecule has 0 amide bonds. The van der Waals surface area contributed by atoms with Crippen LogP contribution in [0.3, 0.4) is 0 Å². The van der Waals surface area contributed by atoms with E-state index in [1.54, 1.807) is 6.07 Å². The van der Waals surface area contributed by atoms with Crippen molar-refractivity contribution in [2.24, 2.45) is 5.92 Å². The molecule has 0 radical (unpaired) electrons. The van der Waals surface area contributed by atoms with E-state index in [1.165, 1.54) is 25.7 Å². The average molecular weight is 233 g/mol. The zero-order chi connectivity index (χ0) is 12.3. The molecule has 1 fully saturated rings. The smallest absolute Gasteiger partial charge is 0.117 e. The van der Waals surface area contributed by atoms with Gasteiger partial charge >= 0.3 is 0 Å². The quantitative estimate of drug-likeness (QED) is 0.858. The van der Waals surface area contributed by atoms with Gasteiger partial charge in [-0.25, -0.2) is 0 Å². The molecule has 0 spiro atoms. The van der Waals surface area contributed by atoms with Gasteiger partial charge in [0.2, 0.25) is 0 Å². The number of nitrogens with zero attached hydrogens (tertiary/aromatic N) is 1. The number of phenolic OH excluding ortho intramolecular Hbond substituents is 1. The molecule has 94 valence electrons. The number of anilines is 1. The molecule has 1 aliphatic carbocycles. The predicted octanol–water partition coefficient (Wildman–Crippen LogP) is 3.80. The van der Waals surface area contributed by atoms with Crippen molar-refractivity contribution in [3.05, 3.63) is 24.3 Å². The molecule has 1 saturated carbocycles. The first kappa shape index (κ1) is 12.3. The van der Waals surface area contributed by atoms with E-state index in [1.807, 2.05) is 12.1 Å². The average Bonchev–Trinajstić information content (AvgIpc) is 2.33. The molecule has 0 aliphatic heterocycles. The summed E-state index contributed by atoms with van der Waals surface area (Å²) in [5.41, 5.74) is 1.16. The summed E-state index contributed by atoms with van der Waals surface area (Å²) in [5.74, 6) is 1.25. The molecule has 0 saturated heterocycles. The fourth-order valence-corrected chi connectivity index (χ4v) is 2.88. The Morgan fingerprint density at radius 2 is 1.94 bits per heavy atom. The van der Waals surface area contributed by atoms with Crippen LogP contribution in [-0.2, 0) is 0 Å². The van der Waals surface area contributed by atoms with Crippen LogP contribution in [0.1, 0.15) is 39.5 Å². The van der Waals surface area contributed by atoms with E-state index in [-0.39, 0.29) is 0 Å². The highest BCUT2D eigenvalue weighted by molar-refractivity contribution is 5.51. The maximum Gasteiger partial charge on any atom is 0.117 e. The maximum atomic E-state index is 9.57. The lowest BCUT2D eigenvalue weighted by molar-refractivity contribution is 0.335. The third-order valence-electron chi connectivity index (χ3n) is 3.93. The van der Waals surface area contributed by atoms with Crippen LogP contribution in [0.2, 0.25) is 0 Å². The second kappa shape index (κ2) is 5.44. The minimum absolute atomic E-state index is 0.366. The lowest BCUT2D eigenvalue weighted by Gasteiger charge is -2.37. The number of hydrogen-bond acceptors (Lipinski definition) is 2. The normalized spacial score (nSPS) is 24.6. The van der Waals surface area contributed by atoms with Crippen molar-refractivity contribution in [3.63, 3.8) is 0 Å². The van der Waals surface area contributed by atoms with Crippen molar-refractivity contribution in [1.29, 1.82) is 0 Å². The molecule has 1 N–H and O–H groups in total. The molecule has 0 heterocycles. The topological polar surface area (TPSA) is 23.5 Å². The van der Waals surface area contributed by atoms with Gasteiger partial charge in [0.25, 0.3) is 0 Å². The lowest BCUT2D eigenvalue weighted by atomic mass is 9.86. The van der Waals surface area contributed by atoms with E-state index in [4.69, 9.17) is 0 Å². The number of benzene rings is 1. The van der Waals surface area contributed by atoms with Crippen LogP contribution < -0.4 is 4.90 Å². The second-order valence-electron chi connectivity index (χ2n) is 5.22. The Kier molecular flexibility index (Phi) is 3.93. The number of aromatic hydroxyl groups is 1. The zero-order valence-electron chi connectivity index (χ0n) is 10.9. The van der Waals surface area contributed by atoms with Gasteiger partial charge in [-0.2, -0.15) is 0 Å². The van der Waals surface area contributed by atoms with Gasteiger partial charge in [-0.1, -0.05) is 13.0 Å². The summed E-state index contributed by atoms with van der Waals surface area (Å²) in [5, 5.41) is 9.57. The highest BCUT2D eigenvalue weighted by Gasteiger charge is 2.23. The van der Waals surface area contributed by atoms with Crippen LogP contribution in [0, 0.1) is 5.92 Å². The largest absolute Gasteiger partial charge is 0.508 e. The third-order valence-corrected chi connectivity index (χ3v) is 3.93. The predicted molar refractivity (Wildman–Crippen MR) is 72.5 cm³/mol. The van der Waals surface area contributed by atoms with Crippen LogP contribution in [0.25, 0.3) is 0 Å². The van der Waals surface area contributed by atoms with E-state index < -0.39 is 0 Å². The van der Waals surface area contributed by atoms with Gasteiger partial charge in [0.05, 0.1) is 0 Å². The standard InChI is InChI=1S/C15H23NO/c1-3-16(13-9-7-12(2)8-10-13)14-5-4-6-15(17)11-14/h4-6,11-13,17H,3,7-10H2,1-2H3. The summed E-state index contributed by atoms with van der Waals surface area (Å²) in [6, 6.07) is 8.29. The summed E-state index contributed by atoms with van der Waals surface area (Å²) in [4.78, 5) is 2.44. The van der Waals surface area contributed by atoms with Crippen molar-refractivity contribution < 1.29 is 5.11 Å². The fraction of sp³-hybridized carbons (Fsp3) is 0.600. The Labute approximate surface area is 104 Å². The van der Waals surface area contributed by atoms with Gasteiger partial charge in [-0.05, 0) is 50.7 Å².